The van der Waals surface area contributed by atoms with Crippen molar-refractivity contribution in [3.05, 3.63) is 65.0 Å². The van der Waals surface area contributed by atoms with Gasteiger partial charge in [0.2, 0.25) is 5.91 Å². The molecule has 1 atom stereocenters. The molecular weight excluding hydrogens is 407 g/mol. The minimum atomic E-state index is -0.615. The van der Waals surface area contributed by atoms with Gasteiger partial charge in [0, 0.05) is 12.6 Å². The molecule has 1 aliphatic rings. The molecule has 1 aliphatic carbocycles. The van der Waals surface area contributed by atoms with E-state index in [1.54, 1.807) is 17.0 Å². The number of halogens is 1. The summed E-state index contributed by atoms with van der Waals surface area (Å²) in [7, 11) is 0. The Morgan fingerprint density at radius 1 is 1.12 bits per heavy atom. The Morgan fingerprint density at radius 2 is 1.81 bits per heavy atom. The molecule has 1 N–H and O–H groups in total. The van der Waals surface area contributed by atoms with Crippen LogP contribution in [0.1, 0.15) is 55.7 Å². The number of amides is 2. The average Bonchev–Trinajstić information content (AvgIpc) is 3.27. The molecule has 0 aliphatic heterocycles. The first-order valence-corrected chi connectivity index (χ1v) is 11.4. The SMILES string of the molecule is CC[C@@H](C(=O)NC1CCCC1)N(Cc1ccc(F)cc1)C(=O)COc1ccc(C)cc1C. The van der Waals surface area contributed by atoms with E-state index >= 15 is 0 Å². The second-order valence-electron chi connectivity index (χ2n) is 8.62. The van der Waals surface area contributed by atoms with E-state index in [0.29, 0.717) is 12.2 Å². The lowest BCUT2D eigenvalue weighted by molar-refractivity contribution is -0.143. The summed E-state index contributed by atoms with van der Waals surface area (Å²) >= 11 is 0. The van der Waals surface area contributed by atoms with Crippen molar-refractivity contribution in [1.82, 2.24) is 10.2 Å². The molecule has 0 unspecified atom stereocenters. The van der Waals surface area contributed by atoms with Crippen molar-refractivity contribution in [2.24, 2.45) is 0 Å². The predicted molar refractivity (Wildman–Crippen MR) is 123 cm³/mol. The van der Waals surface area contributed by atoms with Gasteiger partial charge >= 0.3 is 0 Å². The predicted octanol–water partition coefficient (Wildman–Crippen LogP) is 4.69. The van der Waals surface area contributed by atoms with Crippen LogP contribution in [0.5, 0.6) is 5.75 Å². The monoisotopic (exact) mass is 440 g/mol. The minimum absolute atomic E-state index is 0.138. The zero-order valence-electron chi connectivity index (χ0n) is 19.2. The van der Waals surface area contributed by atoms with Crippen LogP contribution in [0.15, 0.2) is 42.5 Å². The second-order valence-corrected chi connectivity index (χ2v) is 8.62. The van der Waals surface area contributed by atoms with Gasteiger partial charge in [-0.25, -0.2) is 4.39 Å². The number of nitrogens with zero attached hydrogens (tertiary/aromatic N) is 1. The van der Waals surface area contributed by atoms with Crippen molar-refractivity contribution in [3.63, 3.8) is 0 Å². The largest absolute Gasteiger partial charge is 0.483 e. The number of hydrogen-bond donors (Lipinski definition) is 1. The molecule has 5 nitrogen and oxygen atoms in total. The van der Waals surface area contributed by atoms with Gasteiger partial charge in [0.05, 0.1) is 0 Å². The molecule has 2 aromatic rings. The number of benzene rings is 2. The Morgan fingerprint density at radius 3 is 2.44 bits per heavy atom. The van der Waals surface area contributed by atoms with Crippen LogP contribution in [-0.2, 0) is 16.1 Å². The highest BCUT2D eigenvalue weighted by Gasteiger charge is 2.30. The fraction of sp³-hybridized carbons (Fsp3) is 0.462. The molecule has 3 rings (SSSR count). The first kappa shape index (κ1) is 23.8. The normalized spacial score (nSPS) is 14.8. The van der Waals surface area contributed by atoms with E-state index in [2.05, 4.69) is 5.32 Å². The molecule has 1 saturated carbocycles. The summed E-state index contributed by atoms with van der Waals surface area (Å²) in [6.45, 7) is 5.88. The highest BCUT2D eigenvalue weighted by molar-refractivity contribution is 5.88. The summed E-state index contributed by atoms with van der Waals surface area (Å²) in [5.74, 6) is -0.103. The third-order valence-corrected chi connectivity index (χ3v) is 6.04. The van der Waals surface area contributed by atoms with E-state index in [1.165, 1.54) is 12.1 Å². The maximum atomic E-state index is 13.4. The Kier molecular flexibility index (Phi) is 8.26. The number of aryl methyl sites for hydroxylation is 2. The topological polar surface area (TPSA) is 58.6 Å². The Bertz CT molecular complexity index is 923. The number of carbonyl (C=O) groups excluding carboxylic acids is 2. The Labute approximate surface area is 190 Å². The molecule has 2 aromatic carbocycles. The van der Waals surface area contributed by atoms with Gasteiger partial charge in [-0.05, 0) is 62.4 Å². The van der Waals surface area contributed by atoms with Gasteiger partial charge in [-0.15, -0.1) is 0 Å². The molecule has 0 radical (unpaired) electrons. The number of nitrogens with one attached hydrogen (secondary N) is 1. The van der Waals surface area contributed by atoms with Crippen LogP contribution < -0.4 is 10.1 Å². The van der Waals surface area contributed by atoms with Crippen LogP contribution in [0.3, 0.4) is 0 Å². The summed E-state index contributed by atoms with van der Waals surface area (Å²) in [6.07, 6.45) is 4.66. The Hall–Kier alpha value is -2.89. The third kappa shape index (κ3) is 6.31. The summed E-state index contributed by atoms with van der Waals surface area (Å²) in [4.78, 5) is 27.9. The summed E-state index contributed by atoms with van der Waals surface area (Å²) in [5.41, 5.74) is 2.83. The van der Waals surface area contributed by atoms with Crippen molar-refractivity contribution >= 4 is 11.8 Å². The van der Waals surface area contributed by atoms with Gasteiger partial charge in [0.25, 0.3) is 5.91 Å². The van der Waals surface area contributed by atoms with E-state index in [4.69, 9.17) is 4.74 Å². The van der Waals surface area contributed by atoms with Gasteiger partial charge in [-0.3, -0.25) is 9.59 Å². The van der Waals surface area contributed by atoms with Crippen molar-refractivity contribution < 1.29 is 18.7 Å². The van der Waals surface area contributed by atoms with Crippen LogP contribution in [-0.4, -0.2) is 35.4 Å². The van der Waals surface area contributed by atoms with E-state index < -0.39 is 6.04 Å². The van der Waals surface area contributed by atoms with Crippen LogP contribution in [0.25, 0.3) is 0 Å². The van der Waals surface area contributed by atoms with Crippen molar-refractivity contribution in [2.75, 3.05) is 6.61 Å². The molecule has 0 aromatic heterocycles. The summed E-state index contributed by atoms with van der Waals surface area (Å²) in [6, 6.07) is 11.4. The quantitative estimate of drug-likeness (QED) is 0.616. The zero-order chi connectivity index (χ0) is 23.1. The third-order valence-electron chi connectivity index (χ3n) is 6.04. The number of hydrogen-bond acceptors (Lipinski definition) is 3. The van der Waals surface area contributed by atoms with Crippen LogP contribution >= 0.6 is 0 Å². The second kappa shape index (κ2) is 11.1. The maximum absolute atomic E-state index is 13.4. The minimum Gasteiger partial charge on any atom is -0.483 e. The smallest absolute Gasteiger partial charge is 0.261 e. The van der Waals surface area contributed by atoms with E-state index in [-0.39, 0.29) is 36.8 Å². The number of ether oxygens (including phenoxy) is 1. The molecule has 0 bridgehead atoms. The fourth-order valence-electron chi connectivity index (χ4n) is 4.26. The van der Waals surface area contributed by atoms with E-state index in [9.17, 15) is 14.0 Å². The summed E-state index contributed by atoms with van der Waals surface area (Å²) < 4.78 is 19.2. The fourth-order valence-corrected chi connectivity index (χ4v) is 4.26. The molecule has 172 valence electrons. The van der Waals surface area contributed by atoms with Crippen LogP contribution in [0, 0.1) is 19.7 Å². The first-order valence-electron chi connectivity index (χ1n) is 11.4. The van der Waals surface area contributed by atoms with E-state index in [0.717, 1.165) is 42.4 Å². The van der Waals surface area contributed by atoms with Gasteiger partial charge in [0.15, 0.2) is 6.61 Å². The van der Waals surface area contributed by atoms with Gasteiger partial charge in [-0.1, -0.05) is 49.6 Å². The van der Waals surface area contributed by atoms with E-state index in [1.807, 2.05) is 39.0 Å². The lowest BCUT2D eigenvalue weighted by atomic mass is 10.1. The lowest BCUT2D eigenvalue weighted by Crippen LogP contribution is -2.52. The van der Waals surface area contributed by atoms with Crippen molar-refractivity contribution in [2.45, 2.75) is 71.5 Å². The molecule has 6 heteroatoms. The number of carbonyl (C=O) groups is 2. The Balaban J connectivity index is 1.76. The average molecular weight is 441 g/mol. The molecule has 0 saturated heterocycles. The molecule has 32 heavy (non-hydrogen) atoms. The standard InChI is InChI=1S/C26H33FN2O3/c1-4-23(26(31)28-22-7-5-6-8-22)29(16-20-10-12-21(27)13-11-20)25(30)17-32-24-14-9-18(2)15-19(24)3/h9-15,22-23H,4-8,16-17H2,1-3H3,(H,28,31)/t23-/m0/s1. The summed E-state index contributed by atoms with van der Waals surface area (Å²) in [5, 5.41) is 3.12. The molecule has 0 heterocycles. The highest BCUT2D eigenvalue weighted by Crippen LogP contribution is 2.21. The van der Waals surface area contributed by atoms with Gasteiger partial charge < -0.3 is 15.0 Å². The molecule has 2 amide bonds. The van der Waals surface area contributed by atoms with Crippen LogP contribution in [0.4, 0.5) is 4.39 Å². The zero-order valence-corrected chi connectivity index (χ0v) is 19.2. The van der Waals surface area contributed by atoms with Crippen LogP contribution in [0.2, 0.25) is 0 Å². The van der Waals surface area contributed by atoms with Gasteiger partial charge in [-0.2, -0.15) is 0 Å². The molecule has 1 fully saturated rings. The highest BCUT2D eigenvalue weighted by atomic mass is 19.1. The van der Waals surface area contributed by atoms with Crippen molar-refractivity contribution in [3.8, 4) is 5.75 Å². The molecular formula is C26H33FN2O3. The number of rotatable bonds is 9. The van der Waals surface area contributed by atoms with Crippen molar-refractivity contribution in [1.29, 1.82) is 0 Å². The maximum Gasteiger partial charge on any atom is 0.261 e. The first-order chi connectivity index (χ1) is 15.4. The van der Waals surface area contributed by atoms with Gasteiger partial charge in [0.1, 0.15) is 17.6 Å². The lowest BCUT2D eigenvalue weighted by Gasteiger charge is -2.31. The molecule has 0 spiro atoms.